The van der Waals surface area contributed by atoms with Crippen LogP contribution in [0.25, 0.3) is 0 Å². The summed E-state index contributed by atoms with van der Waals surface area (Å²) < 4.78 is 5.52. The second-order valence-electron chi connectivity index (χ2n) is 3.04. The SMILES string of the molecule is CCOC(=O)C(C)NC(=O)c1sccc1Br. The molecular formula is C10H12BrNO3S. The van der Waals surface area contributed by atoms with E-state index < -0.39 is 12.0 Å². The van der Waals surface area contributed by atoms with Crippen molar-refractivity contribution in [2.45, 2.75) is 19.9 Å². The monoisotopic (exact) mass is 305 g/mol. The molecule has 0 radical (unpaired) electrons. The van der Waals surface area contributed by atoms with Gasteiger partial charge in [0, 0.05) is 4.47 Å². The van der Waals surface area contributed by atoms with E-state index in [1.54, 1.807) is 25.3 Å². The van der Waals surface area contributed by atoms with Crippen molar-refractivity contribution in [3.05, 3.63) is 20.8 Å². The van der Waals surface area contributed by atoms with Crippen LogP contribution in [0.2, 0.25) is 0 Å². The molecule has 16 heavy (non-hydrogen) atoms. The topological polar surface area (TPSA) is 55.4 Å². The average Bonchev–Trinajstić information content (AvgIpc) is 2.64. The van der Waals surface area contributed by atoms with Crippen LogP contribution < -0.4 is 5.32 Å². The zero-order valence-corrected chi connectivity index (χ0v) is 11.4. The van der Waals surface area contributed by atoms with Crippen LogP contribution in [0.15, 0.2) is 15.9 Å². The van der Waals surface area contributed by atoms with E-state index in [1.807, 2.05) is 0 Å². The maximum Gasteiger partial charge on any atom is 0.328 e. The van der Waals surface area contributed by atoms with Gasteiger partial charge in [0.15, 0.2) is 0 Å². The second kappa shape index (κ2) is 6.00. The van der Waals surface area contributed by atoms with Gasteiger partial charge in [-0.3, -0.25) is 4.79 Å². The number of thiophene rings is 1. The first kappa shape index (κ1) is 13.2. The molecule has 0 fully saturated rings. The van der Waals surface area contributed by atoms with Crippen LogP contribution in [0.1, 0.15) is 23.5 Å². The third-order valence-electron chi connectivity index (χ3n) is 1.81. The molecule has 1 aromatic rings. The summed E-state index contributed by atoms with van der Waals surface area (Å²) in [6, 6.07) is 1.15. The highest BCUT2D eigenvalue weighted by atomic mass is 79.9. The Morgan fingerprint density at radius 3 is 2.81 bits per heavy atom. The molecule has 4 nitrogen and oxygen atoms in total. The number of ether oxygens (including phenoxy) is 1. The van der Waals surface area contributed by atoms with Gasteiger partial charge in [0.1, 0.15) is 10.9 Å². The molecule has 6 heteroatoms. The highest BCUT2D eigenvalue weighted by Crippen LogP contribution is 2.22. The fourth-order valence-corrected chi connectivity index (χ4v) is 2.50. The van der Waals surface area contributed by atoms with Gasteiger partial charge in [0.05, 0.1) is 6.61 Å². The molecule has 1 heterocycles. The molecule has 0 aliphatic heterocycles. The van der Waals surface area contributed by atoms with Crippen LogP contribution in [0.4, 0.5) is 0 Å². The predicted molar refractivity (Wildman–Crippen MR) is 65.6 cm³/mol. The van der Waals surface area contributed by atoms with Crippen LogP contribution in [0.5, 0.6) is 0 Å². The van der Waals surface area contributed by atoms with E-state index in [1.165, 1.54) is 11.3 Å². The van der Waals surface area contributed by atoms with E-state index in [9.17, 15) is 9.59 Å². The first-order valence-electron chi connectivity index (χ1n) is 4.76. The molecule has 1 N–H and O–H groups in total. The normalized spacial score (nSPS) is 11.9. The fourth-order valence-electron chi connectivity index (χ4n) is 1.04. The van der Waals surface area contributed by atoms with Crippen molar-refractivity contribution < 1.29 is 14.3 Å². The summed E-state index contributed by atoms with van der Waals surface area (Å²) in [6.07, 6.45) is 0. The van der Waals surface area contributed by atoms with E-state index in [-0.39, 0.29) is 5.91 Å². The number of halogens is 1. The third-order valence-corrected chi connectivity index (χ3v) is 3.65. The Bertz CT molecular complexity index is 391. The van der Waals surface area contributed by atoms with E-state index in [2.05, 4.69) is 21.2 Å². The van der Waals surface area contributed by atoms with E-state index >= 15 is 0 Å². The minimum absolute atomic E-state index is 0.276. The average molecular weight is 306 g/mol. The summed E-state index contributed by atoms with van der Waals surface area (Å²) in [5, 5.41) is 4.37. The maximum atomic E-state index is 11.7. The van der Waals surface area contributed by atoms with E-state index in [4.69, 9.17) is 4.74 Å². The minimum atomic E-state index is -0.638. The standard InChI is InChI=1S/C10H12BrNO3S/c1-3-15-10(14)6(2)12-9(13)8-7(11)4-5-16-8/h4-6H,3H2,1-2H3,(H,12,13). The molecule has 0 saturated heterocycles. The molecule has 1 aromatic heterocycles. The first-order valence-corrected chi connectivity index (χ1v) is 6.44. The Kier molecular flexibility index (Phi) is 4.95. The molecule has 0 bridgehead atoms. The molecule has 1 unspecified atom stereocenters. The maximum absolute atomic E-state index is 11.7. The predicted octanol–water partition coefficient (Wildman–Crippen LogP) is 2.19. The van der Waals surface area contributed by atoms with Gasteiger partial charge < -0.3 is 10.1 Å². The molecule has 1 amide bonds. The summed E-state index contributed by atoms with van der Waals surface area (Å²) in [7, 11) is 0. The molecule has 1 rings (SSSR count). The summed E-state index contributed by atoms with van der Waals surface area (Å²) in [5.74, 6) is -0.703. The van der Waals surface area contributed by atoms with Gasteiger partial charge in [-0.2, -0.15) is 0 Å². The number of carbonyl (C=O) groups excluding carboxylic acids is 2. The quantitative estimate of drug-likeness (QED) is 0.868. The first-order chi connectivity index (χ1) is 7.56. The Labute approximate surface area is 106 Å². The molecule has 1 atom stereocenters. The Hall–Kier alpha value is -0.880. The van der Waals surface area contributed by atoms with Gasteiger partial charge in [-0.05, 0) is 41.2 Å². The molecule has 0 aromatic carbocycles. The Morgan fingerprint density at radius 2 is 2.31 bits per heavy atom. The van der Waals surface area contributed by atoms with Crippen molar-refractivity contribution >= 4 is 39.1 Å². The molecular weight excluding hydrogens is 294 g/mol. The van der Waals surface area contributed by atoms with Gasteiger partial charge >= 0.3 is 5.97 Å². The van der Waals surface area contributed by atoms with Gasteiger partial charge in [-0.15, -0.1) is 11.3 Å². The molecule has 0 saturated carbocycles. The number of amides is 1. The van der Waals surface area contributed by atoms with Crippen molar-refractivity contribution in [1.82, 2.24) is 5.32 Å². The highest BCUT2D eigenvalue weighted by molar-refractivity contribution is 9.10. The lowest BCUT2D eigenvalue weighted by atomic mass is 10.3. The van der Waals surface area contributed by atoms with Crippen molar-refractivity contribution in [2.75, 3.05) is 6.61 Å². The smallest absolute Gasteiger partial charge is 0.328 e. The van der Waals surface area contributed by atoms with Crippen molar-refractivity contribution in [3.8, 4) is 0 Å². The van der Waals surface area contributed by atoms with Crippen LogP contribution in [-0.4, -0.2) is 24.5 Å². The number of hydrogen-bond donors (Lipinski definition) is 1. The zero-order valence-electron chi connectivity index (χ0n) is 8.95. The number of hydrogen-bond acceptors (Lipinski definition) is 4. The number of nitrogens with one attached hydrogen (secondary N) is 1. The summed E-state index contributed by atoms with van der Waals surface area (Å²) in [4.78, 5) is 23.5. The molecule has 0 aliphatic rings. The lowest BCUT2D eigenvalue weighted by molar-refractivity contribution is -0.144. The highest BCUT2D eigenvalue weighted by Gasteiger charge is 2.19. The minimum Gasteiger partial charge on any atom is -0.464 e. The lowest BCUT2D eigenvalue weighted by Gasteiger charge is -2.11. The van der Waals surface area contributed by atoms with Crippen LogP contribution in [0, 0.1) is 0 Å². The van der Waals surface area contributed by atoms with Crippen LogP contribution in [0.3, 0.4) is 0 Å². The Morgan fingerprint density at radius 1 is 1.62 bits per heavy atom. The van der Waals surface area contributed by atoms with Crippen molar-refractivity contribution in [1.29, 1.82) is 0 Å². The van der Waals surface area contributed by atoms with Crippen LogP contribution in [-0.2, 0) is 9.53 Å². The molecule has 0 aliphatic carbocycles. The summed E-state index contributed by atoms with van der Waals surface area (Å²) in [5.41, 5.74) is 0. The largest absolute Gasteiger partial charge is 0.464 e. The fraction of sp³-hybridized carbons (Fsp3) is 0.400. The van der Waals surface area contributed by atoms with Gasteiger partial charge in [-0.1, -0.05) is 0 Å². The second-order valence-corrected chi connectivity index (χ2v) is 4.82. The van der Waals surface area contributed by atoms with Gasteiger partial charge in [0.2, 0.25) is 0 Å². The zero-order chi connectivity index (χ0) is 12.1. The third kappa shape index (κ3) is 3.31. The van der Waals surface area contributed by atoms with E-state index in [0.29, 0.717) is 11.5 Å². The molecule has 88 valence electrons. The number of rotatable bonds is 4. The number of esters is 1. The van der Waals surface area contributed by atoms with Gasteiger partial charge in [0.25, 0.3) is 5.91 Å². The molecule has 0 spiro atoms. The summed E-state index contributed by atoms with van der Waals surface area (Å²) in [6.45, 7) is 3.63. The Balaban J connectivity index is 2.58. The van der Waals surface area contributed by atoms with E-state index in [0.717, 1.165) is 4.47 Å². The van der Waals surface area contributed by atoms with Crippen molar-refractivity contribution in [2.24, 2.45) is 0 Å². The van der Waals surface area contributed by atoms with Crippen LogP contribution >= 0.6 is 27.3 Å². The van der Waals surface area contributed by atoms with Gasteiger partial charge in [-0.25, -0.2) is 4.79 Å². The lowest BCUT2D eigenvalue weighted by Crippen LogP contribution is -2.39. The summed E-state index contributed by atoms with van der Waals surface area (Å²) >= 11 is 4.57. The number of carbonyl (C=O) groups is 2. The van der Waals surface area contributed by atoms with Crippen molar-refractivity contribution in [3.63, 3.8) is 0 Å².